The zero-order chi connectivity index (χ0) is 28.0. The van der Waals surface area contributed by atoms with Gasteiger partial charge in [0.1, 0.15) is 26.5 Å². The van der Waals surface area contributed by atoms with E-state index in [1.165, 1.54) is 29.9 Å². The van der Waals surface area contributed by atoms with Crippen molar-refractivity contribution < 1.29 is 111 Å². The molecule has 0 aliphatic heterocycles. The van der Waals surface area contributed by atoms with Crippen molar-refractivity contribution in [2.45, 2.75) is 9.79 Å². The summed E-state index contributed by atoms with van der Waals surface area (Å²) in [7, 11) is -8.54. The maximum absolute atomic E-state index is 13.4. The van der Waals surface area contributed by atoms with Crippen LogP contribution in [0.5, 0.6) is 0 Å². The molecule has 12 nitrogen and oxygen atoms in total. The number of hydrogen-bond acceptors (Lipinski definition) is 8. The molecule has 0 spiro atoms. The SMILES string of the molecule is Cn1cc(NC(=O)c2ccc(F)c(N)c2)cc1C(=O)Nc1ccc2c(S(=O)(=O)O)cccc2c1S(=O)(=O)[O-].[Cl-].[Na+].[Na+]. The molecular formula is C23H18ClFN4Na2O8S2. The van der Waals surface area contributed by atoms with Gasteiger partial charge in [-0.05, 0) is 36.4 Å². The van der Waals surface area contributed by atoms with Crippen LogP contribution in [0, 0.1) is 5.82 Å². The minimum Gasteiger partial charge on any atom is -1.00 e. The van der Waals surface area contributed by atoms with Gasteiger partial charge in [-0.1, -0.05) is 18.2 Å². The summed E-state index contributed by atoms with van der Waals surface area (Å²) in [4.78, 5) is 23.9. The molecule has 5 N–H and O–H groups in total. The van der Waals surface area contributed by atoms with E-state index in [0.29, 0.717) is 0 Å². The first-order chi connectivity index (χ1) is 17.7. The van der Waals surface area contributed by atoms with Gasteiger partial charge in [0, 0.05) is 29.6 Å². The van der Waals surface area contributed by atoms with Crippen molar-refractivity contribution in [3.8, 4) is 0 Å². The number of aromatic nitrogens is 1. The summed E-state index contributed by atoms with van der Waals surface area (Å²) in [5.74, 6) is -2.20. The zero-order valence-electron chi connectivity index (χ0n) is 21.7. The molecule has 0 atom stereocenters. The largest absolute Gasteiger partial charge is 1.00 e. The van der Waals surface area contributed by atoms with E-state index in [-0.39, 0.29) is 105 Å². The Morgan fingerprint density at radius 2 is 1.61 bits per heavy atom. The fourth-order valence-electron chi connectivity index (χ4n) is 3.83. The predicted molar refractivity (Wildman–Crippen MR) is 134 cm³/mol. The molecule has 1 aromatic heterocycles. The van der Waals surface area contributed by atoms with Gasteiger partial charge in [0.15, 0.2) is 0 Å². The van der Waals surface area contributed by atoms with Gasteiger partial charge in [-0.15, -0.1) is 0 Å². The number of nitrogen functional groups attached to an aromatic ring is 1. The molecule has 2 amide bonds. The van der Waals surface area contributed by atoms with Crippen LogP contribution in [0.4, 0.5) is 21.5 Å². The van der Waals surface area contributed by atoms with E-state index >= 15 is 0 Å². The van der Waals surface area contributed by atoms with Crippen LogP contribution < -0.4 is 87.9 Å². The maximum atomic E-state index is 13.4. The molecule has 0 aliphatic carbocycles. The second-order valence-electron chi connectivity index (χ2n) is 8.09. The summed E-state index contributed by atoms with van der Waals surface area (Å²) in [6.45, 7) is 0. The van der Waals surface area contributed by atoms with E-state index in [1.807, 2.05) is 0 Å². The van der Waals surface area contributed by atoms with Gasteiger partial charge in [0.25, 0.3) is 21.9 Å². The third kappa shape index (κ3) is 8.09. The van der Waals surface area contributed by atoms with E-state index in [4.69, 9.17) is 5.73 Å². The molecule has 0 bridgehead atoms. The van der Waals surface area contributed by atoms with Crippen molar-refractivity contribution in [2.24, 2.45) is 7.05 Å². The third-order valence-electron chi connectivity index (χ3n) is 5.50. The fraction of sp³-hybridized carbons (Fsp3) is 0.0435. The Balaban J connectivity index is 0.00000280. The van der Waals surface area contributed by atoms with Crippen LogP contribution in [0.25, 0.3) is 10.8 Å². The molecule has 4 rings (SSSR count). The zero-order valence-corrected chi connectivity index (χ0v) is 28.1. The minimum absolute atomic E-state index is 0. The Labute approximate surface area is 284 Å². The van der Waals surface area contributed by atoms with Gasteiger partial charge in [-0.3, -0.25) is 14.1 Å². The summed E-state index contributed by atoms with van der Waals surface area (Å²) >= 11 is 0. The number of benzene rings is 3. The Morgan fingerprint density at radius 1 is 0.951 bits per heavy atom. The van der Waals surface area contributed by atoms with Crippen LogP contribution in [0.15, 0.2) is 70.6 Å². The molecule has 0 saturated carbocycles. The number of nitrogens with two attached hydrogens (primary N) is 1. The van der Waals surface area contributed by atoms with Crippen LogP contribution >= 0.6 is 0 Å². The van der Waals surface area contributed by atoms with E-state index in [9.17, 15) is 39.9 Å². The quantitative estimate of drug-likeness (QED) is 0.0897. The average Bonchev–Trinajstić information content (AvgIpc) is 3.18. The summed E-state index contributed by atoms with van der Waals surface area (Å²) in [5.41, 5.74) is 4.99. The van der Waals surface area contributed by atoms with Gasteiger partial charge in [0.2, 0.25) is 0 Å². The molecule has 0 aliphatic rings. The number of anilines is 3. The van der Waals surface area contributed by atoms with Gasteiger partial charge >= 0.3 is 59.1 Å². The standard InChI is InChI=1S/C23H19FN4O8S2.ClH.2Na/c1-28-11-13(26-22(29)12-5-7-16(24)17(25)9-12)10-19(28)23(30)27-18-8-6-14-15(21(18)38(34,35)36)3-2-4-20(14)37(31,32)33;;;/h2-11H,25H2,1H3,(H,26,29)(H,27,30)(H,31,32,33)(H,34,35,36);1H;;/q;;2*+1/p-2. The Hall–Kier alpha value is -2.02. The smallest absolute Gasteiger partial charge is 1.00 e. The van der Waals surface area contributed by atoms with Crippen molar-refractivity contribution in [3.63, 3.8) is 0 Å². The average molecular weight is 643 g/mol. The first-order valence-electron chi connectivity index (χ1n) is 10.5. The van der Waals surface area contributed by atoms with E-state index in [1.54, 1.807) is 0 Å². The Bertz CT molecular complexity index is 1870. The van der Waals surface area contributed by atoms with Crippen molar-refractivity contribution in [1.82, 2.24) is 4.57 Å². The fourth-order valence-corrected chi connectivity index (χ4v) is 5.37. The molecule has 3 aromatic carbocycles. The number of carbonyl (C=O) groups is 2. The van der Waals surface area contributed by atoms with Crippen LogP contribution in [0.2, 0.25) is 0 Å². The molecule has 0 radical (unpaired) electrons. The summed E-state index contributed by atoms with van der Waals surface area (Å²) in [6.07, 6.45) is 1.38. The Morgan fingerprint density at radius 3 is 2.20 bits per heavy atom. The first kappa shape index (κ1) is 37.0. The number of fused-ring (bicyclic) bond motifs is 1. The molecular weight excluding hydrogens is 625 g/mol. The van der Waals surface area contributed by atoms with Crippen LogP contribution in [-0.4, -0.2) is 42.3 Å². The number of aryl methyl sites for hydroxylation is 1. The molecule has 1 heterocycles. The maximum Gasteiger partial charge on any atom is 1.00 e. The molecule has 0 fully saturated rings. The predicted octanol–water partition coefficient (Wildman–Crippen LogP) is -6.43. The molecule has 206 valence electrons. The van der Waals surface area contributed by atoms with Crippen molar-refractivity contribution >= 4 is 59.9 Å². The second-order valence-corrected chi connectivity index (χ2v) is 10.8. The number of amides is 2. The van der Waals surface area contributed by atoms with E-state index < -0.39 is 53.3 Å². The molecule has 18 heteroatoms. The summed E-state index contributed by atoms with van der Waals surface area (Å²) in [5, 5.41) is 4.27. The number of nitrogens with zero attached hydrogens (tertiary/aromatic N) is 1. The molecule has 41 heavy (non-hydrogen) atoms. The topological polar surface area (TPSA) is 201 Å². The van der Waals surface area contributed by atoms with E-state index in [2.05, 4.69) is 10.6 Å². The van der Waals surface area contributed by atoms with Crippen LogP contribution in [0.1, 0.15) is 20.8 Å². The summed E-state index contributed by atoms with van der Waals surface area (Å²) in [6, 6.07) is 10.1. The first-order valence-corrected chi connectivity index (χ1v) is 13.3. The minimum atomic E-state index is -5.25. The van der Waals surface area contributed by atoms with E-state index in [0.717, 1.165) is 42.5 Å². The van der Waals surface area contributed by atoms with Gasteiger partial charge in [0.05, 0.1) is 22.0 Å². The van der Waals surface area contributed by atoms with Gasteiger partial charge in [-0.25, -0.2) is 12.8 Å². The Kier molecular flexibility index (Phi) is 12.6. The van der Waals surface area contributed by atoms with Gasteiger partial charge in [-0.2, -0.15) is 8.42 Å². The normalized spacial score (nSPS) is 11.0. The third-order valence-corrected chi connectivity index (χ3v) is 7.35. The van der Waals surface area contributed by atoms with Crippen molar-refractivity contribution in [3.05, 3.63) is 77.9 Å². The number of halogens is 2. The number of rotatable bonds is 6. The van der Waals surface area contributed by atoms with Crippen LogP contribution in [0.3, 0.4) is 0 Å². The number of nitrogens with one attached hydrogen (secondary N) is 2. The monoisotopic (exact) mass is 642 g/mol. The van der Waals surface area contributed by atoms with Crippen LogP contribution in [-0.2, 0) is 27.3 Å². The molecule has 0 saturated heterocycles. The summed E-state index contributed by atoms with van der Waals surface area (Å²) < 4.78 is 83.9. The second kappa shape index (κ2) is 14.0. The molecule has 0 unspecified atom stereocenters. The molecule has 4 aromatic rings. The van der Waals surface area contributed by atoms with Crippen molar-refractivity contribution in [1.29, 1.82) is 0 Å². The van der Waals surface area contributed by atoms with Gasteiger partial charge < -0.3 is 37.9 Å². The number of carbonyl (C=O) groups excluding carboxylic acids is 2. The number of hydrogen-bond donors (Lipinski definition) is 4. The van der Waals surface area contributed by atoms with Crippen molar-refractivity contribution in [2.75, 3.05) is 16.4 Å².